The summed E-state index contributed by atoms with van der Waals surface area (Å²) in [7, 11) is 0. The molecule has 1 aromatic carbocycles. The molecule has 1 unspecified atom stereocenters. The first kappa shape index (κ1) is 12.5. The summed E-state index contributed by atoms with van der Waals surface area (Å²) in [6.07, 6.45) is 4.65. The Balaban J connectivity index is 1.90. The second-order valence-electron chi connectivity index (χ2n) is 5.95. The van der Waals surface area contributed by atoms with Crippen LogP contribution in [0.25, 0.3) is 5.57 Å². The number of fused-ring (bicyclic) bond motifs is 1. The second kappa shape index (κ2) is 4.52. The highest BCUT2D eigenvalue weighted by molar-refractivity contribution is 5.75. The third kappa shape index (κ3) is 1.90. The summed E-state index contributed by atoms with van der Waals surface area (Å²) in [5.41, 5.74) is 10.7. The molecule has 3 rings (SSSR count). The molecule has 0 heterocycles. The molecule has 0 saturated heterocycles. The number of hydrogen-bond donors (Lipinski definition) is 0. The van der Waals surface area contributed by atoms with Crippen LogP contribution in [0, 0.1) is 5.92 Å². The van der Waals surface area contributed by atoms with Gasteiger partial charge in [-0.25, -0.2) is 0 Å². The van der Waals surface area contributed by atoms with Gasteiger partial charge in [-0.2, -0.15) is 0 Å². The molecule has 0 amide bonds. The van der Waals surface area contributed by atoms with Gasteiger partial charge >= 0.3 is 0 Å². The van der Waals surface area contributed by atoms with Crippen LogP contribution in [0.1, 0.15) is 45.2 Å². The third-order valence-corrected chi connectivity index (χ3v) is 5.12. The summed E-state index contributed by atoms with van der Waals surface area (Å²) in [5.74, 6) is 0.619. The van der Waals surface area contributed by atoms with Crippen molar-refractivity contribution >= 4 is 5.57 Å². The molecule has 0 aromatic heterocycles. The molecule has 0 nitrogen and oxygen atoms in total. The number of hydrogen-bond acceptors (Lipinski definition) is 0. The average Bonchev–Trinajstić information content (AvgIpc) is 2.91. The summed E-state index contributed by atoms with van der Waals surface area (Å²) >= 11 is 0. The van der Waals surface area contributed by atoms with E-state index < -0.39 is 0 Å². The molecule has 0 bridgehead atoms. The molecule has 98 valence electrons. The van der Waals surface area contributed by atoms with Crippen molar-refractivity contribution in [2.75, 3.05) is 0 Å². The van der Waals surface area contributed by atoms with Gasteiger partial charge in [0.1, 0.15) is 0 Å². The number of rotatable bonds is 2. The van der Waals surface area contributed by atoms with E-state index in [1.807, 2.05) is 0 Å². The Morgan fingerprint density at radius 2 is 1.79 bits per heavy atom. The summed E-state index contributed by atoms with van der Waals surface area (Å²) in [6, 6.07) is 8.84. The zero-order valence-electron chi connectivity index (χ0n) is 12.4. The van der Waals surface area contributed by atoms with Crippen LogP contribution < -0.4 is 0 Å². The molecule has 1 aromatic rings. The summed E-state index contributed by atoms with van der Waals surface area (Å²) in [5, 5.41) is 0. The van der Waals surface area contributed by atoms with Crippen molar-refractivity contribution < 1.29 is 0 Å². The van der Waals surface area contributed by atoms with E-state index in [1.165, 1.54) is 27.8 Å². The Hall–Kier alpha value is -1.56. The van der Waals surface area contributed by atoms with Gasteiger partial charge in [0, 0.05) is 0 Å². The number of benzene rings is 1. The van der Waals surface area contributed by atoms with Crippen LogP contribution in [-0.2, 0) is 6.42 Å². The van der Waals surface area contributed by atoms with Crippen molar-refractivity contribution in [2.24, 2.45) is 5.92 Å². The Bertz CT molecular complexity index is 623. The first-order chi connectivity index (χ1) is 9.09. The molecule has 0 radical (unpaired) electrons. The Morgan fingerprint density at radius 1 is 1.05 bits per heavy atom. The summed E-state index contributed by atoms with van der Waals surface area (Å²) < 4.78 is 0. The maximum atomic E-state index is 2.42. The van der Waals surface area contributed by atoms with Gasteiger partial charge in [0.2, 0.25) is 0 Å². The minimum absolute atomic E-state index is 0.619. The standard InChI is InChI=1S/C19H22/c1-12-13(2)15(4)19(14(12)3)11-17-10-9-16-7-5-6-8-18(16)17/h5-8,10,14H,9,11H2,1-4H3. The zero-order chi connectivity index (χ0) is 13.6. The Kier molecular flexibility index (Phi) is 2.97. The van der Waals surface area contributed by atoms with Crippen molar-refractivity contribution in [1.29, 1.82) is 0 Å². The monoisotopic (exact) mass is 250 g/mol. The van der Waals surface area contributed by atoms with Crippen LogP contribution in [0.5, 0.6) is 0 Å². The maximum Gasteiger partial charge on any atom is -0.000923 e. The molecule has 2 aliphatic carbocycles. The molecule has 0 saturated carbocycles. The molecule has 2 aliphatic rings. The van der Waals surface area contributed by atoms with Crippen molar-refractivity contribution in [1.82, 2.24) is 0 Å². The lowest BCUT2D eigenvalue weighted by Crippen LogP contribution is -1.98. The fraction of sp³-hybridized carbons (Fsp3) is 0.368. The first-order valence-electron chi connectivity index (χ1n) is 7.24. The van der Waals surface area contributed by atoms with Gasteiger partial charge in [-0.05, 0) is 67.4 Å². The molecule has 0 spiro atoms. The fourth-order valence-corrected chi connectivity index (χ4v) is 3.46. The van der Waals surface area contributed by atoms with Gasteiger partial charge in [-0.1, -0.05) is 48.4 Å². The topological polar surface area (TPSA) is 0 Å². The third-order valence-electron chi connectivity index (χ3n) is 5.12. The molecule has 0 N–H and O–H groups in total. The highest BCUT2D eigenvalue weighted by Crippen LogP contribution is 2.42. The molecule has 0 fully saturated rings. The Labute approximate surface area is 116 Å². The van der Waals surface area contributed by atoms with Crippen molar-refractivity contribution in [3.05, 3.63) is 63.8 Å². The summed E-state index contributed by atoms with van der Waals surface area (Å²) in [6.45, 7) is 9.20. The van der Waals surface area contributed by atoms with E-state index in [4.69, 9.17) is 0 Å². The zero-order valence-corrected chi connectivity index (χ0v) is 12.4. The van der Waals surface area contributed by atoms with E-state index in [-0.39, 0.29) is 0 Å². The van der Waals surface area contributed by atoms with E-state index in [0.29, 0.717) is 5.92 Å². The van der Waals surface area contributed by atoms with Crippen LogP contribution in [0.3, 0.4) is 0 Å². The SMILES string of the molecule is CC1=C(C)C(C)C(CC2=CCc3ccccc32)=C1C. The Morgan fingerprint density at radius 3 is 2.47 bits per heavy atom. The van der Waals surface area contributed by atoms with Gasteiger partial charge in [-0.15, -0.1) is 0 Å². The molecule has 1 atom stereocenters. The van der Waals surface area contributed by atoms with Crippen molar-refractivity contribution in [3.8, 4) is 0 Å². The van der Waals surface area contributed by atoms with Gasteiger partial charge in [0.25, 0.3) is 0 Å². The lowest BCUT2D eigenvalue weighted by atomic mass is 9.90. The average molecular weight is 250 g/mol. The largest absolute Gasteiger partial charge is 0.0760 e. The van der Waals surface area contributed by atoms with Gasteiger partial charge in [0.15, 0.2) is 0 Å². The van der Waals surface area contributed by atoms with Gasteiger partial charge in [-0.3, -0.25) is 0 Å². The van der Waals surface area contributed by atoms with E-state index in [9.17, 15) is 0 Å². The van der Waals surface area contributed by atoms with Crippen LogP contribution in [0.2, 0.25) is 0 Å². The molecular formula is C19H22. The van der Waals surface area contributed by atoms with E-state index in [2.05, 4.69) is 58.0 Å². The lowest BCUT2D eigenvalue weighted by molar-refractivity contribution is 0.794. The van der Waals surface area contributed by atoms with Crippen molar-refractivity contribution in [3.63, 3.8) is 0 Å². The predicted octanol–water partition coefficient (Wildman–Crippen LogP) is 5.32. The van der Waals surface area contributed by atoms with Crippen molar-refractivity contribution in [2.45, 2.75) is 40.5 Å². The van der Waals surface area contributed by atoms with Gasteiger partial charge < -0.3 is 0 Å². The highest BCUT2D eigenvalue weighted by Gasteiger charge is 2.25. The lowest BCUT2D eigenvalue weighted by Gasteiger charge is -2.14. The number of allylic oxidation sites excluding steroid dienone is 6. The molecule has 0 heteroatoms. The van der Waals surface area contributed by atoms with E-state index in [0.717, 1.165) is 12.8 Å². The molecule has 19 heavy (non-hydrogen) atoms. The van der Waals surface area contributed by atoms with Crippen LogP contribution in [0.4, 0.5) is 0 Å². The van der Waals surface area contributed by atoms with Crippen LogP contribution in [0.15, 0.2) is 52.6 Å². The minimum atomic E-state index is 0.619. The predicted molar refractivity (Wildman–Crippen MR) is 83.0 cm³/mol. The quantitative estimate of drug-likeness (QED) is 0.666. The summed E-state index contributed by atoms with van der Waals surface area (Å²) in [4.78, 5) is 0. The molecular weight excluding hydrogens is 228 g/mol. The maximum absolute atomic E-state index is 2.42. The minimum Gasteiger partial charge on any atom is -0.0760 e. The van der Waals surface area contributed by atoms with E-state index in [1.54, 1.807) is 11.1 Å². The van der Waals surface area contributed by atoms with Gasteiger partial charge in [0.05, 0.1) is 0 Å². The van der Waals surface area contributed by atoms with Crippen LogP contribution in [-0.4, -0.2) is 0 Å². The highest BCUT2D eigenvalue weighted by atomic mass is 14.3. The first-order valence-corrected chi connectivity index (χ1v) is 7.24. The van der Waals surface area contributed by atoms with Crippen LogP contribution >= 0.6 is 0 Å². The molecule has 0 aliphatic heterocycles. The smallest absolute Gasteiger partial charge is 0.000923 e. The second-order valence-corrected chi connectivity index (χ2v) is 5.95. The van der Waals surface area contributed by atoms with E-state index >= 15 is 0 Å². The normalized spacial score (nSPS) is 22.1. The fourth-order valence-electron chi connectivity index (χ4n) is 3.46.